The summed E-state index contributed by atoms with van der Waals surface area (Å²) in [5.41, 5.74) is 13.1. The van der Waals surface area contributed by atoms with Gasteiger partial charge in [-0.1, -0.05) is 0 Å². The van der Waals surface area contributed by atoms with E-state index in [1.807, 2.05) is 0 Å². The van der Waals surface area contributed by atoms with Crippen LogP contribution in [0.3, 0.4) is 0 Å². The molecule has 0 amide bonds. The second-order valence-corrected chi connectivity index (χ2v) is 5.04. The van der Waals surface area contributed by atoms with E-state index in [9.17, 15) is 5.11 Å². The topological polar surface area (TPSA) is 98.3 Å². The molecule has 5 N–H and O–H groups in total. The van der Waals surface area contributed by atoms with Crippen molar-refractivity contribution in [1.29, 1.82) is 0 Å². The van der Waals surface area contributed by atoms with Gasteiger partial charge in [0.2, 0.25) is 0 Å². The minimum atomic E-state index is 0.0491. The molecule has 1 saturated carbocycles. The summed E-state index contributed by atoms with van der Waals surface area (Å²) in [6, 6.07) is 3.48. The van der Waals surface area contributed by atoms with Crippen molar-refractivity contribution in [1.82, 2.24) is 4.98 Å². The van der Waals surface area contributed by atoms with Crippen molar-refractivity contribution in [2.45, 2.75) is 37.6 Å². The van der Waals surface area contributed by atoms with Gasteiger partial charge < -0.3 is 21.0 Å². The summed E-state index contributed by atoms with van der Waals surface area (Å²) in [6.07, 6.45) is 4.04. The Kier molecular flexibility index (Phi) is 2.63. The molecule has 0 radical (unpaired) electrons. The van der Waals surface area contributed by atoms with E-state index < -0.39 is 0 Å². The van der Waals surface area contributed by atoms with Crippen molar-refractivity contribution in [3.8, 4) is 5.75 Å². The van der Waals surface area contributed by atoms with Crippen LogP contribution in [0.15, 0.2) is 16.5 Å². The van der Waals surface area contributed by atoms with Gasteiger partial charge in [-0.3, -0.25) is 0 Å². The van der Waals surface area contributed by atoms with Gasteiger partial charge >= 0.3 is 0 Å². The van der Waals surface area contributed by atoms with Gasteiger partial charge in [0.05, 0.1) is 5.69 Å². The van der Waals surface area contributed by atoms with Crippen LogP contribution < -0.4 is 11.5 Å². The van der Waals surface area contributed by atoms with E-state index in [0.29, 0.717) is 28.7 Å². The standard InChI is InChI=1S/C13H17N3O2/c14-8-3-1-7(2-4-8)13-16-10-6-11(17)9(15)5-12(10)18-13/h5-8,17H,1-4,14-15H2. The predicted molar refractivity (Wildman–Crippen MR) is 69.3 cm³/mol. The molecule has 0 unspecified atom stereocenters. The van der Waals surface area contributed by atoms with Gasteiger partial charge in [-0.2, -0.15) is 0 Å². The summed E-state index contributed by atoms with van der Waals surface area (Å²) in [4.78, 5) is 4.44. The van der Waals surface area contributed by atoms with Crippen LogP contribution in [-0.4, -0.2) is 16.1 Å². The first kappa shape index (κ1) is 11.3. The van der Waals surface area contributed by atoms with E-state index >= 15 is 0 Å². The Balaban J connectivity index is 1.93. The molecule has 1 fully saturated rings. The first-order valence-electron chi connectivity index (χ1n) is 6.28. The number of aromatic hydroxyl groups is 1. The number of phenolic OH excluding ortho intramolecular Hbond substituents is 1. The van der Waals surface area contributed by atoms with E-state index in [4.69, 9.17) is 15.9 Å². The molecule has 0 aliphatic heterocycles. The number of nitrogens with two attached hydrogens (primary N) is 2. The third-order valence-electron chi connectivity index (χ3n) is 3.67. The predicted octanol–water partition coefficient (Wildman–Crippen LogP) is 2.10. The Morgan fingerprint density at radius 3 is 2.67 bits per heavy atom. The minimum absolute atomic E-state index is 0.0491. The van der Waals surface area contributed by atoms with Gasteiger partial charge in [-0.25, -0.2) is 4.98 Å². The normalized spacial score (nSPS) is 24.5. The Bertz CT molecular complexity index is 532. The fourth-order valence-electron chi connectivity index (χ4n) is 2.54. The van der Waals surface area contributed by atoms with Crippen LogP contribution in [0, 0.1) is 0 Å². The Morgan fingerprint density at radius 2 is 1.94 bits per heavy atom. The Morgan fingerprint density at radius 1 is 1.22 bits per heavy atom. The van der Waals surface area contributed by atoms with Crippen molar-refractivity contribution in [3.05, 3.63) is 18.0 Å². The molecule has 5 nitrogen and oxygen atoms in total. The zero-order valence-corrected chi connectivity index (χ0v) is 10.1. The maximum absolute atomic E-state index is 9.55. The number of hydrogen-bond acceptors (Lipinski definition) is 5. The van der Waals surface area contributed by atoms with Crippen molar-refractivity contribution >= 4 is 16.8 Å². The molecular formula is C13H17N3O2. The van der Waals surface area contributed by atoms with Crippen LogP contribution in [0.1, 0.15) is 37.5 Å². The number of rotatable bonds is 1. The highest BCUT2D eigenvalue weighted by Crippen LogP contribution is 2.35. The lowest BCUT2D eigenvalue weighted by atomic mass is 9.86. The zero-order valence-electron chi connectivity index (χ0n) is 10.1. The summed E-state index contributed by atoms with van der Waals surface area (Å²) in [7, 11) is 0. The molecule has 1 aliphatic rings. The number of oxazole rings is 1. The van der Waals surface area contributed by atoms with Crippen molar-refractivity contribution in [3.63, 3.8) is 0 Å². The number of fused-ring (bicyclic) bond motifs is 1. The molecule has 3 rings (SSSR count). The van der Waals surface area contributed by atoms with Gasteiger partial charge in [0.1, 0.15) is 11.3 Å². The van der Waals surface area contributed by atoms with Crippen LogP contribution in [0.5, 0.6) is 5.75 Å². The van der Waals surface area contributed by atoms with E-state index in [-0.39, 0.29) is 5.75 Å². The van der Waals surface area contributed by atoms with E-state index in [2.05, 4.69) is 4.98 Å². The fourth-order valence-corrected chi connectivity index (χ4v) is 2.54. The number of hydrogen-bond donors (Lipinski definition) is 3. The molecule has 18 heavy (non-hydrogen) atoms. The van der Waals surface area contributed by atoms with Crippen LogP contribution >= 0.6 is 0 Å². The molecular weight excluding hydrogens is 230 g/mol. The first-order valence-corrected chi connectivity index (χ1v) is 6.28. The lowest BCUT2D eigenvalue weighted by Gasteiger charge is -2.23. The number of benzene rings is 1. The first-order chi connectivity index (χ1) is 8.63. The summed E-state index contributed by atoms with van der Waals surface area (Å²) in [5.74, 6) is 1.12. The van der Waals surface area contributed by atoms with Crippen LogP contribution in [0.2, 0.25) is 0 Å². The van der Waals surface area contributed by atoms with Gasteiger partial charge in [0.15, 0.2) is 11.5 Å². The summed E-state index contributed by atoms with van der Waals surface area (Å²) in [6.45, 7) is 0. The van der Waals surface area contributed by atoms with Crippen LogP contribution in [0.25, 0.3) is 11.1 Å². The van der Waals surface area contributed by atoms with Crippen LogP contribution in [-0.2, 0) is 0 Å². The molecule has 0 bridgehead atoms. The number of anilines is 1. The Hall–Kier alpha value is -1.75. The molecule has 1 aromatic heterocycles. The van der Waals surface area contributed by atoms with Crippen molar-refractivity contribution in [2.75, 3.05) is 5.73 Å². The van der Waals surface area contributed by atoms with E-state index in [1.165, 1.54) is 0 Å². The van der Waals surface area contributed by atoms with Crippen molar-refractivity contribution in [2.24, 2.45) is 5.73 Å². The second-order valence-electron chi connectivity index (χ2n) is 5.04. The molecule has 0 spiro atoms. The van der Waals surface area contributed by atoms with Gasteiger partial charge in [-0.15, -0.1) is 0 Å². The molecule has 0 saturated heterocycles. The van der Waals surface area contributed by atoms with Crippen LogP contribution in [0.4, 0.5) is 5.69 Å². The number of nitrogens with zero attached hydrogens (tertiary/aromatic N) is 1. The third-order valence-corrected chi connectivity index (χ3v) is 3.67. The highest BCUT2D eigenvalue weighted by Gasteiger charge is 2.24. The molecule has 5 heteroatoms. The fraction of sp³-hybridized carbons (Fsp3) is 0.462. The van der Waals surface area contributed by atoms with Gasteiger partial charge in [0.25, 0.3) is 0 Å². The zero-order chi connectivity index (χ0) is 12.7. The van der Waals surface area contributed by atoms with Gasteiger partial charge in [0, 0.05) is 24.1 Å². The summed E-state index contributed by atoms with van der Waals surface area (Å²) in [5, 5.41) is 9.55. The number of phenols is 1. The molecule has 0 atom stereocenters. The third kappa shape index (κ3) is 1.90. The van der Waals surface area contributed by atoms with E-state index in [1.54, 1.807) is 12.1 Å². The lowest BCUT2D eigenvalue weighted by Crippen LogP contribution is -2.25. The highest BCUT2D eigenvalue weighted by atomic mass is 16.3. The second kappa shape index (κ2) is 4.17. The minimum Gasteiger partial charge on any atom is -0.506 e. The van der Waals surface area contributed by atoms with E-state index in [0.717, 1.165) is 31.6 Å². The maximum atomic E-state index is 9.55. The molecule has 1 aromatic carbocycles. The number of aromatic nitrogens is 1. The highest BCUT2D eigenvalue weighted by molar-refractivity contribution is 5.80. The smallest absolute Gasteiger partial charge is 0.198 e. The molecule has 1 heterocycles. The monoisotopic (exact) mass is 247 g/mol. The Labute approximate surface area is 105 Å². The summed E-state index contributed by atoms with van der Waals surface area (Å²) >= 11 is 0. The molecule has 96 valence electrons. The average molecular weight is 247 g/mol. The number of nitrogen functional groups attached to an aromatic ring is 1. The van der Waals surface area contributed by atoms with Gasteiger partial charge in [-0.05, 0) is 25.7 Å². The van der Waals surface area contributed by atoms with Crippen molar-refractivity contribution < 1.29 is 9.52 Å². The largest absolute Gasteiger partial charge is 0.506 e. The lowest BCUT2D eigenvalue weighted by molar-refractivity contribution is 0.346. The quantitative estimate of drug-likeness (QED) is 0.529. The average Bonchev–Trinajstić information content (AvgIpc) is 2.73. The molecule has 2 aromatic rings. The molecule has 1 aliphatic carbocycles. The summed E-state index contributed by atoms with van der Waals surface area (Å²) < 4.78 is 5.74. The SMILES string of the molecule is Nc1cc2oc(C3CCC(N)CC3)nc2cc1O. The maximum Gasteiger partial charge on any atom is 0.198 e.